The van der Waals surface area contributed by atoms with Crippen LogP contribution in [0.3, 0.4) is 0 Å². The fourth-order valence-corrected chi connectivity index (χ4v) is 2.92. The zero-order chi connectivity index (χ0) is 20.4. The van der Waals surface area contributed by atoms with Gasteiger partial charge in [-0.1, -0.05) is 12.1 Å². The highest BCUT2D eigenvalue weighted by Gasteiger charge is 2.11. The molecule has 0 fully saturated rings. The summed E-state index contributed by atoms with van der Waals surface area (Å²) in [7, 11) is 3.12. The number of hydrogen-bond donors (Lipinski definition) is 2. The molecular formula is C19H22N2O6S. The molecule has 0 unspecified atom stereocenters. The van der Waals surface area contributed by atoms with Crippen molar-refractivity contribution in [3.63, 3.8) is 0 Å². The fourth-order valence-electron chi connectivity index (χ4n) is 2.28. The maximum atomic E-state index is 11.8. The lowest BCUT2D eigenvalue weighted by Gasteiger charge is -2.10. The molecule has 0 aliphatic rings. The van der Waals surface area contributed by atoms with E-state index in [1.54, 1.807) is 37.8 Å². The number of thiophene rings is 1. The Morgan fingerprint density at radius 1 is 1.04 bits per heavy atom. The Kier molecular flexibility index (Phi) is 8.29. The zero-order valence-corrected chi connectivity index (χ0v) is 16.5. The van der Waals surface area contributed by atoms with Crippen LogP contribution >= 0.6 is 11.3 Å². The average Bonchev–Trinajstić information content (AvgIpc) is 3.25. The number of methoxy groups -OCH3 is 2. The predicted octanol–water partition coefficient (Wildman–Crippen LogP) is 1.40. The number of esters is 1. The molecule has 0 saturated carbocycles. The topological polar surface area (TPSA) is 103 Å². The summed E-state index contributed by atoms with van der Waals surface area (Å²) in [5.41, 5.74) is 0.964. The van der Waals surface area contributed by atoms with Crippen LogP contribution < -0.4 is 20.1 Å². The summed E-state index contributed by atoms with van der Waals surface area (Å²) in [5.74, 6) is -0.206. The van der Waals surface area contributed by atoms with E-state index in [4.69, 9.17) is 14.2 Å². The molecule has 28 heavy (non-hydrogen) atoms. The minimum atomic E-state index is -0.681. The van der Waals surface area contributed by atoms with E-state index in [0.717, 1.165) is 5.56 Å². The van der Waals surface area contributed by atoms with Gasteiger partial charge in [0.05, 0.1) is 19.1 Å². The Morgan fingerprint density at radius 2 is 1.82 bits per heavy atom. The summed E-state index contributed by atoms with van der Waals surface area (Å²) in [6, 6.07) is 8.90. The van der Waals surface area contributed by atoms with Gasteiger partial charge in [-0.25, -0.2) is 0 Å². The van der Waals surface area contributed by atoms with Gasteiger partial charge in [0.15, 0.2) is 18.1 Å². The second-order valence-electron chi connectivity index (χ2n) is 5.61. The monoisotopic (exact) mass is 406 g/mol. The molecule has 2 amide bonds. The molecule has 1 aromatic carbocycles. The molecule has 1 heterocycles. The Labute approximate surface area is 166 Å². The van der Waals surface area contributed by atoms with Crippen LogP contribution in [0, 0.1) is 0 Å². The van der Waals surface area contributed by atoms with Crippen LogP contribution in [0.4, 0.5) is 0 Å². The van der Waals surface area contributed by atoms with Gasteiger partial charge in [0.2, 0.25) is 0 Å². The largest absolute Gasteiger partial charge is 0.493 e. The van der Waals surface area contributed by atoms with Crippen molar-refractivity contribution in [3.8, 4) is 11.5 Å². The Morgan fingerprint density at radius 3 is 2.50 bits per heavy atom. The number of rotatable bonds is 10. The van der Waals surface area contributed by atoms with Crippen LogP contribution in [0.15, 0.2) is 35.7 Å². The van der Waals surface area contributed by atoms with Crippen molar-refractivity contribution in [1.82, 2.24) is 10.6 Å². The SMILES string of the molecule is COc1ccc(CCNC(=O)COC(=O)CNC(=O)c2cccs2)cc1OC. The molecule has 2 rings (SSSR count). The van der Waals surface area contributed by atoms with Crippen molar-refractivity contribution >= 4 is 29.1 Å². The van der Waals surface area contributed by atoms with E-state index in [9.17, 15) is 14.4 Å². The lowest BCUT2D eigenvalue weighted by molar-refractivity contribution is -0.147. The summed E-state index contributed by atoms with van der Waals surface area (Å²) in [5, 5.41) is 6.87. The van der Waals surface area contributed by atoms with E-state index in [0.29, 0.717) is 29.3 Å². The van der Waals surface area contributed by atoms with Gasteiger partial charge >= 0.3 is 5.97 Å². The Balaban J connectivity index is 1.64. The maximum Gasteiger partial charge on any atom is 0.325 e. The molecule has 8 nitrogen and oxygen atoms in total. The number of carbonyl (C=O) groups is 3. The molecule has 2 aromatic rings. The average molecular weight is 406 g/mol. The smallest absolute Gasteiger partial charge is 0.325 e. The lowest BCUT2D eigenvalue weighted by Crippen LogP contribution is -2.34. The van der Waals surface area contributed by atoms with E-state index >= 15 is 0 Å². The van der Waals surface area contributed by atoms with Gasteiger partial charge in [-0.3, -0.25) is 14.4 Å². The third-order valence-electron chi connectivity index (χ3n) is 3.69. The van der Waals surface area contributed by atoms with Gasteiger partial charge in [-0.05, 0) is 35.6 Å². The van der Waals surface area contributed by atoms with Gasteiger partial charge in [0.1, 0.15) is 6.54 Å². The van der Waals surface area contributed by atoms with E-state index in [-0.39, 0.29) is 12.5 Å². The normalized spacial score (nSPS) is 10.1. The maximum absolute atomic E-state index is 11.8. The minimum Gasteiger partial charge on any atom is -0.493 e. The van der Waals surface area contributed by atoms with Crippen LogP contribution in [0.1, 0.15) is 15.2 Å². The quantitative estimate of drug-likeness (QED) is 0.578. The highest BCUT2D eigenvalue weighted by atomic mass is 32.1. The molecule has 1 aromatic heterocycles. The molecule has 0 spiro atoms. The molecular weight excluding hydrogens is 384 g/mol. The van der Waals surface area contributed by atoms with Crippen molar-refractivity contribution in [2.75, 3.05) is 33.9 Å². The molecule has 0 aliphatic heterocycles. The molecule has 0 atom stereocenters. The van der Waals surface area contributed by atoms with Crippen LogP contribution in [0.2, 0.25) is 0 Å². The van der Waals surface area contributed by atoms with Crippen molar-refractivity contribution in [3.05, 3.63) is 46.2 Å². The zero-order valence-electron chi connectivity index (χ0n) is 15.7. The van der Waals surface area contributed by atoms with Gasteiger partial charge in [0, 0.05) is 6.54 Å². The van der Waals surface area contributed by atoms with Crippen molar-refractivity contribution in [1.29, 1.82) is 0 Å². The van der Waals surface area contributed by atoms with Gasteiger partial charge < -0.3 is 24.8 Å². The summed E-state index contributed by atoms with van der Waals surface area (Å²) in [6.07, 6.45) is 0.580. The van der Waals surface area contributed by atoms with Gasteiger partial charge in [-0.2, -0.15) is 0 Å². The lowest BCUT2D eigenvalue weighted by atomic mass is 10.1. The number of ether oxygens (including phenoxy) is 3. The summed E-state index contributed by atoms with van der Waals surface area (Å²) in [6.45, 7) is -0.323. The minimum absolute atomic E-state index is 0.296. The van der Waals surface area contributed by atoms with Crippen LogP contribution in [-0.2, 0) is 20.7 Å². The number of amides is 2. The van der Waals surface area contributed by atoms with E-state index in [1.807, 2.05) is 12.1 Å². The first kappa shape index (κ1) is 21.2. The Hall–Kier alpha value is -3.07. The number of benzene rings is 1. The summed E-state index contributed by atoms with van der Waals surface area (Å²) >= 11 is 1.27. The van der Waals surface area contributed by atoms with Crippen LogP contribution in [-0.4, -0.2) is 51.7 Å². The first-order chi connectivity index (χ1) is 13.5. The number of hydrogen-bond acceptors (Lipinski definition) is 7. The first-order valence-corrected chi connectivity index (χ1v) is 9.36. The molecule has 2 N–H and O–H groups in total. The highest BCUT2D eigenvalue weighted by Crippen LogP contribution is 2.27. The molecule has 0 saturated heterocycles. The van der Waals surface area contributed by atoms with E-state index in [1.165, 1.54) is 11.3 Å². The fraction of sp³-hybridized carbons (Fsp3) is 0.316. The molecule has 9 heteroatoms. The molecule has 0 bridgehead atoms. The number of carbonyl (C=O) groups excluding carboxylic acids is 3. The van der Waals surface area contributed by atoms with Crippen molar-refractivity contribution in [2.24, 2.45) is 0 Å². The molecule has 0 aliphatic carbocycles. The standard InChI is InChI=1S/C19H22N2O6S/c1-25-14-6-5-13(10-15(14)26-2)7-8-20-17(22)12-27-18(23)11-21-19(24)16-4-3-9-28-16/h3-6,9-10H,7-8,11-12H2,1-2H3,(H,20,22)(H,21,24). The third-order valence-corrected chi connectivity index (χ3v) is 4.55. The van der Waals surface area contributed by atoms with Crippen LogP contribution in [0.5, 0.6) is 11.5 Å². The summed E-state index contributed by atoms with van der Waals surface area (Å²) < 4.78 is 15.3. The van der Waals surface area contributed by atoms with E-state index in [2.05, 4.69) is 10.6 Å². The first-order valence-electron chi connectivity index (χ1n) is 8.48. The highest BCUT2D eigenvalue weighted by molar-refractivity contribution is 7.12. The number of nitrogens with one attached hydrogen (secondary N) is 2. The molecule has 150 valence electrons. The van der Waals surface area contributed by atoms with Crippen LogP contribution in [0.25, 0.3) is 0 Å². The summed E-state index contributed by atoms with van der Waals surface area (Å²) in [4.78, 5) is 35.6. The predicted molar refractivity (Wildman–Crippen MR) is 104 cm³/mol. The molecule has 0 radical (unpaired) electrons. The van der Waals surface area contributed by atoms with Gasteiger partial charge in [-0.15, -0.1) is 11.3 Å². The van der Waals surface area contributed by atoms with E-state index < -0.39 is 18.5 Å². The second kappa shape index (κ2) is 10.9. The van der Waals surface area contributed by atoms with Crippen molar-refractivity contribution < 1.29 is 28.6 Å². The van der Waals surface area contributed by atoms with Gasteiger partial charge in [0.25, 0.3) is 11.8 Å². The third kappa shape index (κ3) is 6.58. The van der Waals surface area contributed by atoms with Crippen molar-refractivity contribution in [2.45, 2.75) is 6.42 Å². The second-order valence-corrected chi connectivity index (χ2v) is 6.56. The Bertz CT molecular complexity index is 807.